The molecule has 22 heavy (non-hydrogen) atoms. The Morgan fingerprint density at radius 3 is 2.68 bits per heavy atom. The van der Waals surface area contributed by atoms with Crippen molar-refractivity contribution in [2.45, 2.75) is 25.7 Å². The minimum atomic E-state index is -0.930. The van der Waals surface area contributed by atoms with Gasteiger partial charge in [0.2, 0.25) is 5.91 Å². The topological polar surface area (TPSA) is 66.8 Å². The number of ether oxygens (including phenoxy) is 1. The molecule has 1 N–H and O–H groups in total. The van der Waals surface area contributed by atoms with Crippen LogP contribution in [0.5, 0.6) is 0 Å². The van der Waals surface area contributed by atoms with Gasteiger partial charge < -0.3 is 14.7 Å². The Morgan fingerprint density at radius 1 is 1.32 bits per heavy atom. The number of carboxylic acids is 1. The summed E-state index contributed by atoms with van der Waals surface area (Å²) in [6.45, 7) is 2.32. The fraction of sp³-hybridized carbons (Fsp3) is 0.529. The number of benzene rings is 1. The van der Waals surface area contributed by atoms with Crippen LogP contribution >= 0.6 is 0 Å². The van der Waals surface area contributed by atoms with Gasteiger partial charge in [0.1, 0.15) is 0 Å². The number of hydrogen-bond donors (Lipinski definition) is 1. The molecule has 1 aliphatic heterocycles. The molecular weight excluding hydrogens is 282 g/mol. The number of likely N-dealkylation sites (tertiary alicyclic amines) is 1. The quantitative estimate of drug-likeness (QED) is 0.875. The number of carbonyl (C=O) groups is 2. The van der Waals surface area contributed by atoms with Crippen molar-refractivity contribution in [3.05, 3.63) is 35.4 Å². The number of amides is 1. The molecule has 1 aromatic carbocycles. The molecule has 0 unspecified atom stereocenters. The molecule has 1 saturated heterocycles. The number of carbonyl (C=O) groups excluding carboxylic acids is 1. The van der Waals surface area contributed by atoms with Crippen LogP contribution in [0.3, 0.4) is 0 Å². The predicted molar refractivity (Wildman–Crippen MR) is 82.9 cm³/mol. The molecule has 1 heterocycles. The Bertz CT molecular complexity index is 510. The predicted octanol–water partition coefficient (Wildman–Crippen LogP) is 2.20. The van der Waals surface area contributed by atoms with Crippen LogP contribution in [-0.4, -0.2) is 48.7 Å². The Balaban J connectivity index is 1.83. The van der Waals surface area contributed by atoms with E-state index in [2.05, 4.69) is 0 Å². The maximum atomic E-state index is 12.3. The molecule has 1 atom stereocenters. The van der Waals surface area contributed by atoms with Crippen molar-refractivity contribution >= 4 is 11.9 Å². The molecule has 1 aromatic rings. The van der Waals surface area contributed by atoms with E-state index in [1.165, 1.54) is 0 Å². The molecule has 0 spiro atoms. The number of piperidine rings is 1. The highest BCUT2D eigenvalue weighted by Crippen LogP contribution is 2.18. The largest absolute Gasteiger partial charge is 0.478 e. The zero-order valence-electron chi connectivity index (χ0n) is 13.0. The highest BCUT2D eigenvalue weighted by Gasteiger charge is 2.23. The molecular formula is C17H23NO4. The van der Waals surface area contributed by atoms with E-state index in [0.717, 1.165) is 31.5 Å². The summed E-state index contributed by atoms with van der Waals surface area (Å²) < 4.78 is 5.18. The van der Waals surface area contributed by atoms with E-state index in [1.807, 2.05) is 4.90 Å². The third-order valence-electron chi connectivity index (χ3n) is 4.10. The third kappa shape index (κ3) is 4.56. The van der Waals surface area contributed by atoms with Crippen molar-refractivity contribution in [3.63, 3.8) is 0 Å². The lowest BCUT2D eigenvalue weighted by Crippen LogP contribution is -2.41. The van der Waals surface area contributed by atoms with Crippen molar-refractivity contribution in [1.82, 2.24) is 4.90 Å². The van der Waals surface area contributed by atoms with E-state index in [-0.39, 0.29) is 11.5 Å². The normalized spacial score (nSPS) is 18.2. The number of hydrogen-bond acceptors (Lipinski definition) is 3. The van der Waals surface area contributed by atoms with Gasteiger partial charge >= 0.3 is 5.97 Å². The zero-order valence-corrected chi connectivity index (χ0v) is 13.0. The van der Waals surface area contributed by atoms with Crippen LogP contribution in [-0.2, 0) is 16.0 Å². The Hall–Kier alpha value is -1.88. The van der Waals surface area contributed by atoms with E-state index in [4.69, 9.17) is 9.84 Å². The van der Waals surface area contributed by atoms with Gasteiger partial charge in [-0.3, -0.25) is 4.79 Å². The smallest absolute Gasteiger partial charge is 0.335 e. The molecule has 1 amide bonds. The second-order valence-corrected chi connectivity index (χ2v) is 5.81. The molecule has 0 aromatic heterocycles. The fourth-order valence-electron chi connectivity index (χ4n) is 2.89. The molecule has 0 radical (unpaired) electrons. The van der Waals surface area contributed by atoms with E-state index < -0.39 is 5.97 Å². The third-order valence-corrected chi connectivity index (χ3v) is 4.10. The van der Waals surface area contributed by atoms with Crippen molar-refractivity contribution in [2.24, 2.45) is 5.92 Å². The summed E-state index contributed by atoms with van der Waals surface area (Å²) in [5.74, 6) is -0.319. The van der Waals surface area contributed by atoms with Crippen LogP contribution in [0.4, 0.5) is 0 Å². The van der Waals surface area contributed by atoms with Gasteiger partial charge in [-0.1, -0.05) is 12.1 Å². The number of rotatable bonds is 6. The SMILES string of the molecule is COC[C@@H]1CCCN(C(=O)CCc2ccc(C(=O)O)cc2)C1. The van der Waals surface area contributed by atoms with Crippen LogP contribution < -0.4 is 0 Å². The summed E-state index contributed by atoms with van der Waals surface area (Å²) in [5, 5.41) is 8.86. The maximum Gasteiger partial charge on any atom is 0.335 e. The number of aryl methyl sites for hydroxylation is 1. The van der Waals surface area contributed by atoms with Gasteiger partial charge in [0.15, 0.2) is 0 Å². The van der Waals surface area contributed by atoms with Crippen LogP contribution in [0.15, 0.2) is 24.3 Å². The van der Waals surface area contributed by atoms with Crippen LogP contribution in [0.25, 0.3) is 0 Å². The number of methoxy groups -OCH3 is 1. The van der Waals surface area contributed by atoms with Crippen molar-refractivity contribution in [3.8, 4) is 0 Å². The van der Waals surface area contributed by atoms with E-state index in [9.17, 15) is 9.59 Å². The number of aromatic carboxylic acids is 1. The molecule has 5 heteroatoms. The summed E-state index contributed by atoms with van der Waals surface area (Å²) in [5.41, 5.74) is 1.26. The fourth-order valence-corrected chi connectivity index (χ4v) is 2.89. The van der Waals surface area contributed by atoms with Gasteiger partial charge in [-0.15, -0.1) is 0 Å². The lowest BCUT2D eigenvalue weighted by Gasteiger charge is -2.32. The van der Waals surface area contributed by atoms with Gasteiger partial charge in [0.25, 0.3) is 0 Å². The molecule has 5 nitrogen and oxygen atoms in total. The zero-order chi connectivity index (χ0) is 15.9. The maximum absolute atomic E-state index is 12.3. The van der Waals surface area contributed by atoms with Gasteiger partial charge in [0.05, 0.1) is 12.2 Å². The Morgan fingerprint density at radius 2 is 2.05 bits per heavy atom. The lowest BCUT2D eigenvalue weighted by molar-refractivity contribution is -0.133. The minimum Gasteiger partial charge on any atom is -0.478 e. The van der Waals surface area contributed by atoms with Crippen molar-refractivity contribution in [1.29, 1.82) is 0 Å². The number of carboxylic acid groups (broad SMARTS) is 1. The number of nitrogens with zero attached hydrogens (tertiary/aromatic N) is 1. The first-order valence-electron chi connectivity index (χ1n) is 7.69. The summed E-state index contributed by atoms with van der Waals surface area (Å²) in [6, 6.07) is 6.72. The first kappa shape index (κ1) is 16.5. The second kappa shape index (κ2) is 7.94. The molecule has 2 rings (SSSR count). The second-order valence-electron chi connectivity index (χ2n) is 5.81. The molecule has 1 aliphatic rings. The highest BCUT2D eigenvalue weighted by atomic mass is 16.5. The monoisotopic (exact) mass is 305 g/mol. The van der Waals surface area contributed by atoms with Gasteiger partial charge in [-0.25, -0.2) is 4.79 Å². The molecule has 0 bridgehead atoms. The van der Waals surface area contributed by atoms with Crippen LogP contribution in [0.2, 0.25) is 0 Å². The summed E-state index contributed by atoms with van der Waals surface area (Å²) in [4.78, 5) is 25.0. The van der Waals surface area contributed by atoms with E-state index >= 15 is 0 Å². The summed E-state index contributed by atoms with van der Waals surface area (Å²) in [7, 11) is 1.70. The van der Waals surface area contributed by atoms with Gasteiger partial charge in [0, 0.05) is 26.6 Å². The Kier molecular flexibility index (Phi) is 5.95. The first-order valence-corrected chi connectivity index (χ1v) is 7.69. The summed E-state index contributed by atoms with van der Waals surface area (Å²) >= 11 is 0. The molecule has 120 valence electrons. The summed E-state index contributed by atoms with van der Waals surface area (Å²) in [6.07, 6.45) is 3.26. The van der Waals surface area contributed by atoms with Gasteiger partial charge in [-0.2, -0.15) is 0 Å². The average molecular weight is 305 g/mol. The van der Waals surface area contributed by atoms with E-state index in [0.29, 0.717) is 25.4 Å². The van der Waals surface area contributed by atoms with Gasteiger partial charge in [-0.05, 0) is 42.9 Å². The standard InChI is InChI=1S/C17H23NO4/c1-22-12-14-3-2-10-18(11-14)16(19)9-6-13-4-7-15(8-5-13)17(20)21/h4-5,7-8,14H,2-3,6,9-12H2,1H3,(H,20,21)/t14-/m1/s1. The molecule has 0 saturated carbocycles. The average Bonchev–Trinajstić information content (AvgIpc) is 2.53. The molecule has 1 fully saturated rings. The Labute approximate surface area is 130 Å². The lowest BCUT2D eigenvalue weighted by atomic mass is 9.98. The van der Waals surface area contributed by atoms with Crippen molar-refractivity contribution in [2.75, 3.05) is 26.8 Å². The van der Waals surface area contributed by atoms with E-state index in [1.54, 1.807) is 31.4 Å². The first-order chi connectivity index (χ1) is 10.6. The molecule has 0 aliphatic carbocycles. The van der Waals surface area contributed by atoms with Crippen molar-refractivity contribution < 1.29 is 19.4 Å². The van der Waals surface area contributed by atoms with Crippen LogP contribution in [0.1, 0.15) is 35.2 Å². The minimum absolute atomic E-state index is 0.170. The van der Waals surface area contributed by atoms with Crippen LogP contribution in [0, 0.1) is 5.92 Å². The highest BCUT2D eigenvalue weighted by molar-refractivity contribution is 5.87.